The first-order chi connectivity index (χ1) is 9.19. The lowest BCUT2D eigenvalue weighted by molar-refractivity contribution is 0.479. The highest BCUT2D eigenvalue weighted by Crippen LogP contribution is 2.17. The molecule has 5 nitrogen and oxygen atoms in total. The number of nitrogens with zero attached hydrogens (tertiary/aromatic N) is 2. The highest BCUT2D eigenvalue weighted by molar-refractivity contribution is 5.51. The maximum atomic E-state index is 13.0. The van der Waals surface area contributed by atoms with E-state index in [1.807, 2.05) is 0 Å². The normalized spacial score (nSPS) is 10.7. The summed E-state index contributed by atoms with van der Waals surface area (Å²) in [6, 6.07) is 3.57. The van der Waals surface area contributed by atoms with E-state index in [9.17, 15) is 8.78 Å². The lowest BCUT2D eigenvalue weighted by Gasteiger charge is -2.01. The third-order valence-corrected chi connectivity index (χ3v) is 2.34. The van der Waals surface area contributed by atoms with Crippen molar-refractivity contribution in [3.63, 3.8) is 0 Å². The first-order valence-corrected chi connectivity index (χ1v) is 5.94. The fourth-order valence-corrected chi connectivity index (χ4v) is 1.45. The van der Waals surface area contributed by atoms with Gasteiger partial charge in [-0.2, -0.15) is 0 Å². The van der Waals surface area contributed by atoms with E-state index < -0.39 is 11.6 Å². The molecule has 0 radical (unpaired) electrons. The molecular formula is C12H14F2N4O. The predicted molar refractivity (Wildman–Crippen MR) is 65.9 cm³/mol. The Morgan fingerprint density at radius 3 is 2.79 bits per heavy atom. The van der Waals surface area contributed by atoms with E-state index in [2.05, 4.69) is 27.8 Å². The van der Waals surface area contributed by atoms with E-state index in [1.165, 1.54) is 6.07 Å². The van der Waals surface area contributed by atoms with Crippen molar-refractivity contribution in [3.8, 4) is 0 Å². The highest BCUT2D eigenvalue weighted by atomic mass is 19.2. The predicted octanol–water partition coefficient (Wildman–Crippen LogP) is 2.59. The van der Waals surface area contributed by atoms with Crippen LogP contribution in [0.3, 0.4) is 0 Å². The molecule has 1 aromatic heterocycles. The summed E-state index contributed by atoms with van der Waals surface area (Å²) in [5.41, 5.74) is 0.343. The first-order valence-electron chi connectivity index (χ1n) is 5.94. The van der Waals surface area contributed by atoms with Crippen molar-refractivity contribution in [1.82, 2.24) is 15.5 Å². The minimum atomic E-state index is -0.936. The van der Waals surface area contributed by atoms with Gasteiger partial charge in [-0.25, -0.2) is 8.78 Å². The quantitative estimate of drug-likeness (QED) is 0.788. The summed E-state index contributed by atoms with van der Waals surface area (Å²) in [6.07, 6.45) is 1.01. The molecule has 0 saturated carbocycles. The Labute approximate surface area is 109 Å². The van der Waals surface area contributed by atoms with Crippen LogP contribution in [-0.2, 0) is 6.54 Å². The SMILES string of the molecule is CCCNCc1nnc(Nc2ccc(F)c(F)c2)o1. The van der Waals surface area contributed by atoms with Gasteiger partial charge >= 0.3 is 6.01 Å². The van der Waals surface area contributed by atoms with Gasteiger partial charge < -0.3 is 15.1 Å². The Balaban J connectivity index is 1.97. The summed E-state index contributed by atoms with van der Waals surface area (Å²) in [5.74, 6) is -1.41. The molecular weight excluding hydrogens is 254 g/mol. The molecule has 0 amide bonds. The van der Waals surface area contributed by atoms with Crippen molar-refractivity contribution in [1.29, 1.82) is 0 Å². The van der Waals surface area contributed by atoms with Crippen molar-refractivity contribution >= 4 is 11.7 Å². The van der Waals surface area contributed by atoms with Crippen molar-refractivity contribution in [2.45, 2.75) is 19.9 Å². The number of hydrogen-bond donors (Lipinski definition) is 2. The molecule has 7 heteroatoms. The molecule has 2 rings (SSSR count). The average molecular weight is 268 g/mol. The van der Waals surface area contributed by atoms with Gasteiger partial charge in [0.05, 0.1) is 6.54 Å². The molecule has 0 spiro atoms. The summed E-state index contributed by atoms with van der Waals surface area (Å²) in [6.45, 7) is 3.38. The zero-order chi connectivity index (χ0) is 13.7. The Morgan fingerprint density at radius 2 is 2.05 bits per heavy atom. The zero-order valence-electron chi connectivity index (χ0n) is 10.4. The smallest absolute Gasteiger partial charge is 0.320 e. The molecule has 0 aliphatic carbocycles. The minimum absolute atomic E-state index is 0.138. The monoisotopic (exact) mass is 268 g/mol. The van der Waals surface area contributed by atoms with Crippen LogP contribution in [0.5, 0.6) is 0 Å². The van der Waals surface area contributed by atoms with E-state index in [0.717, 1.165) is 25.1 Å². The van der Waals surface area contributed by atoms with E-state index in [1.54, 1.807) is 0 Å². The summed E-state index contributed by atoms with van der Waals surface area (Å²) >= 11 is 0. The first kappa shape index (κ1) is 13.4. The van der Waals surface area contributed by atoms with Crippen LogP contribution in [0.1, 0.15) is 19.2 Å². The largest absolute Gasteiger partial charge is 0.406 e. The van der Waals surface area contributed by atoms with E-state index >= 15 is 0 Å². The Kier molecular flexibility index (Phi) is 4.40. The average Bonchev–Trinajstić information content (AvgIpc) is 2.82. The van der Waals surface area contributed by atoms with Crippen LogP contribution in [-0.4, -0.2) is 16.7 Å². The second kappa shape index (κ2) is 6.24. The van der Waals surface area contributed by atoms with Gasteiger partial charge in [-0.3, -0.25) is 0 Å². The van der Waals surface area contributed by atoms with Gasteiger partial charge in [0.25, 0.3) is 0 Å². The van der Waals surface area contributed by atoms with Crippen molar-refractivity contribution < 1.29 is 13.2 Å². The van der Waals surface area contributed by atoms with Crippen LogP contribution in [0.4, 0.5) is 20.5 Å². The number of aromatic nitrogens is 2. The van der Waals surface area contributed by atoms with Gasteiger partial charge in [-0.15, -0.1) is 5.10 Å². The highest BCUT2D eigenvalue weighted by Gasteiger charge is 2.07. The number of anilines is 2. The third-order valence-electron chi connectivity index (χ3n) is 2.34. The Morgan fingerprint density at radius 1 is 1.21 bits per heavy atom. The number of rotatable bonds is 6. The van der Waals surface area contributed by atoms with Crippen LogP contribution < -0.4 is 10.6 Å². The molecule has 0 aliphatic heterocycles. The van der Waals surface area contributed by atoms with Crippen LogP contribution in [0.15, 0.2) is 22.6 Å². The number of halogens is 2. The molecule has 0 unspecified atom stereocenters. The summed E-state index contributed by atoms with van der Waals surface area (Å²) in [4.78, 5) is 0. The molecule has 1 aromatic carbocycles. The topological polar surface area (TPSA) is 63.0 Å². The van der Waals surface area contributed by atoms with Gasteiger partial charge in [0, 0.05) is 11.8 Å². The van der Waals surface area contributed by atoms with E-state index in [-0.39, 0.29) is 6.01 Å². The van der Waals surface area contributed by atoms with Gasteiger partial charge in [0.15, 0.2) is 11.6 Å². The summed E-state index contributed by atoms with van der Waals surface area (Å²) in [7, 11) is 0. The maximum Gasteiger partial charge on any atom is 0.320 e. The molecule has 2 N–H and O–H groups in total. The van der Waals surface area contributed by atoms with Crippen molar-refractivity contribution in [2.75, 3.05) is 11.9 Å². The van der Waals surface area contributed by atoms with Crippen molar-refractivity contribution in [3.05, 3.63) is 35.7 Å². The van der Waals surface area contributed by atoms with Crippen LogP contribution in [0.2, 0.25) is 0 Å². The molecule has 0 fully saturated rings. The molecule has 0 bridgehead atoms. The van der Waals surface area contributed by atoms with Crippen molar-refractivity contribution in [2.24, 2.45) is 0 Å². The second-order valence-corrected chi connectivity index (χ2v) is 3.93. The second-order valence-electron chi connectivity index (χ2n) is 3.93. The fraction of sp³-hybridized carbons (Fsp3) is 0.333. The molecule has 0 saturated heterocycles. The molecule has 2 aromatic rings. The summed E-state index contributed by atoms with van der Waals surface area (Å²) in [5, 5.41) is 13.4. The van der Waals surface area contributed by atoms with Crippen LogP contribution in [0, 0.1) is 11.6 Å². The third kappa shape index (κ3) is 3.72. The molecule has 19 heavy (non-hydrogen) atoms. The Bertz CT molecular complexity index is 544. The molecule has 102 valence electrons. The fourth-order valence-electron chi connectivity index (χ4n) is 1.45. The lowest BCUT2D eigenvalue weighted by atomic mass is 10.3. The van der Waals surface area contributed by atoms with Gasteiger partial charge in [-0.05, 0) is 25.1 Å². The van der Waals surface area contributed by atoms with Gasteiger partial charge in [-0.1, -0.05) is 12.0 Å². The van der Waals surface area contributed by atoms with E-state index in [4.69, 9.17) is 4.42 Å². The number of hydrogen-bond acceptors (Lipinski definition) is 5. The zero-order valence-corrected chi connectivity index (χ0v) is 10.4. The molecule has 0 atom stereocenters. The van der Waals surface area contributed by atoms with Crippen LogP contribution >= 0.6 is 0 Å². The number of nitrogens with one attached hydrogen (secondary N) is 2. The Hall–Kier alpha value is -2.02. The van der Waals surface area contributed by atoms with E-state index in [0.29, 0.717) is 18.1 Å². The van der Waals surface area contributed by atoms with Gasteiger partial charge in [0.2, 0.25) is 5.89 Å². The minimum Gasteiger partial charge on any atom is -0.406 e. The standard InChI is InChI=1S/C12H14F2N4O/c1-2-5-15-7-11-17-18-12(19-11)16-8-3-4-9(13)10(14)6-8/h3-4,6,15H,2,5,7H2,1H3,(H,16,18). The van der Waals surface area contributed by atoms with Gasteiger partial charge in [0.1, 0.15) is 0 Å². The van der Waals surface area contributed by atoms with Crippen LogP contribution in [0.25, 0.3) is 0 Å². The maximum absolute atomic E-state index is 13.0. The number of benzene rings is 1. The molecule has 0 aliphatic rings. The lowest BCUT2D eigenvalue weighted by Crippen LogP contribution is -2.13. The summed E-state index contributed by atoms with van der Waals surface area (Å²) < 4.78 is 31.0. The molecule has 1 heterocycles.